The van der Waals surface area contributed by atoms with Crippen LogP contribution in [0.2, 0.25) is 0 Å². The van der Waals surface area contributed by atoms with E-state index in [9.17, 15) is 4.79 Å². The third-order valence-corrected chi connectivity index (χ3v) is 4.99. The van der Waals surface area contributed by atoms with E-state index in [2.05, 4.69) is 20.4 Å². The van der Waals surface area contributed by atoms with Crippen LogP contribution in [0.5, 0.6) is 11.5 Å². The molecule has 1 amide bonds. The normalized spacial score (nSPS) is 16.3. The zero-order chi connectivity index (χ0) is 16.4. The molecule has 2 aliphatic rings. The second-order valence-electron chi connectivity index (χ2n) is 5.87. The van der Waals surface area contributed by atoms with Crippen LogP contribution in [0.15, 0.2) is 18.2 Å². The SMILES string of the molecule is Cl.O=C(CN1CCCCC1)Nc1nnc(-c2ccc3c(c2)OCO3)s1. The van der Waals surface area contributed by atoms with E-state index in [1.54, 1.807) is 0 Å². The number of nitrogens with zero attached hydrogens (tertiary/aromatic N) is 3. The van der Waals surface area contributed by atoms with Gasteiger partial charge < -0.3 is 9.47 Å². The highest BCUT2D eigenvalue weighted by Crippen LogP contribution is 2.37. The highest BCUT2D eigenvalue weighted by molar-refractivity contribution is 7.18. The second-order valence-corrected chi connectivity index (χ2v) is 6.84. The molecule has 1 aromatic carbocycles. The van der Waals surface area contributed by atoms with E-state index in [0.717, 1.165) is 29.4 Å². The van der Waals surface area contributed by atoms with Gasteiger partial charge in [0.2, 0.25) is 17.8 Å². The molecule has 2 aliphatic heterocycles. The van der Waals surface area contributed by atoms with Crippen LogP contribution in [0.3, 0.4) is 0 Å². The van der Waals surface area contributed by atoms with Crippen LogP contribution in [0.1, 0.15) is 19.3 Å². The Hall–Kier alpha value is -1.90. The Labute approximate surface area is 155 Å². The fourth-order valence-electron chi connectivity index (χ4n) is 2.90. The summed E-state index contributed by atoms with van der Waals surface area (Å²) in [7, 11) is 0. The van der Waals surface area contributed by atoms with Crippen LogP contribution < -0.4 is 14.8 Å². The minimum Gasteiger partial charge on any atom is -0.454 e. The predicted molar refractivity (Wildman–Crippen MR) is 97.6 cm³/mol. The molecule has 1 aromatic heterocycles. The smallest absolute Gasteiger partial charge is 0.240 e. The van der Waals surface area contributed by atoms with Crippen molar-refractivity contribution < 1.29 is 14.3 Å². The number of nitrogens with one attached hydrogen (secondary N) is 1. The number of halogens is 1. The molecule has 0 radical (unpaired) electrons. The number of anilines is 1. The van der Waals surface area contributed by atoms with E-state index in [1.807, 2.05) is 18.2 Å². The van der Waals surface area contributed by atoms with Crippen LogP contribution in [0.4, 0.5) is 5.13 Å². The van der Waals surface area contributed by atoms with Gasteiger partial charge in [0.25, 0.3) is 0 Å². The summed E-state index contributed by atoms with van der Waals surface area (Å²) in [6.45, 7) is 2.64. The van der Waals surface area contributed by atoms with Crippen LogP contribution >= 0.6 is 23.7 Å². The fourth-order valence-corrected chi connectivity index (χ4v) is 3.66. The number of carbonyl (C=O) groups is 1. The lowest BCUT2D eigenvalue weighted by Crippen LogP contribution is -2.36. The molecular weight excluding hydrogens is 364 g/mol. The molecular formula is C16H19ClN4O3S. The Morgan fingerprint density at radius 2 is 1.96 bits per heavy atom. The number of fused-ring (bicyclic) bond motifs is 1. The van der Waals surface area contributed by atoms with E-state index in [-0.39, 0.29) is 25.1 Å². The Morgan fingerprint density at radius 3 is 2.80 bits per heavy atom. The summed E-state index contributed by atoms with van der Waals surface area (Å²) >= 11 is 1.35. The van der Waals surface area contributed by atoms with Crippen molar-refractivity contribution in [3.63, 3.8) is 0 Å². The van der Waals surface area contributed by atoms with Crippen molar-refractivity contribution in [2.45, 2.75) is 19.3 Å². The topological polar surface area (TPSA) is 76.6 Å². The molecule has 2 aromatic rings. The summed E-state index contributed by atoms with van der Waals surface area (Å²) in [4.78, 5) is 14.3. The number of benzene rings is 1. The number of carbonyl (C=O) groups excluding carboxylic acids is 1. The standard InChI is InChI=1S/C16H18N4O3S.ClH/c21-14(9-20-6-2-1-3-7-20)17-16-19-18-15(24-16)11-4-5-12-13(8-11)23-10-22-12;/h4-5,8H,1-3,6-7,9-10H2,(H,17,19,21);1H. The lowest BCUT2D eigenvalue weighted by atomic mass is 10.1. The zero-order valence-electron chi connectivity index (χ0n) is 13.6. The van der Waals surface area contributed by atoms with Gasteiger partial charge in [0.1, 0.15) is 5.01 Å². The van der Waals surface area contributed by atoms with Gasteiger partial charge in [-0.3, -0.25) is 15.0 Å². The molecule has 7 nitrogen and oxygen atoms in total. The monoisotopic (exact) mass is 382 g/mol. The number of piperidine rings is 1. The highest BCUT2D eigenvalue weighted by Gasteiger charge is 2.18. The zero-order valence-corrected chi connectivity index (χ0v) is 15.2. The number of amides is 1. The van der Waals surface area contributed by atoms with Crippen molar-refractivity contribution in [2.24, 2.45) is 0 Å². The number of aromatic nitrogens is 2. The maximum absolute atomic E-state index is 12.1. The first-order valence-corrected chi connectivity index (χ1v) is 8.85. The number of hydrogen-bond acceptors (Lipinski definition) is 7. The molecule has 0 bridgehead atoms. The van der Waals surface area contributed by atoms with Gasteiger partial charge in [-0.2, -0.15) is 0 Å². The molecule has 0 unspecified atom stereocenters. The first kappa shape index (κ1) is 17.9. The van der Waals surface area contributed by atoms with Gasteiger partial charge in [-0.15, -0.1) is 22.6 Å². The maximum atomic E-state index is 12.1. The Kier molecular flexibility index (Phi) is 5.72. The molecule has 134 valence electrons. The molecule has 3 heterocycles. The molecule has 4 rings (SSSR count). The minimum absolute atomic E-state index is 0. The third kappa shape index (κ3) is 4.20. The quantitative estimate of drug-likeness (QED) is 0.876. The molecule has 1 fully saturated rings. The summed E-state index contributed by atoms with van der Waals surface area (Å²) in [5, 5.41) is 12.3. The van der Waals surface area contributed by atoms with E-state index in [1.165, 1.54) is 30.6 Å². The molecule has 1 N–H and O–H groups in total. The van der Waals surface area contributed by atoms with Crippen LogP contribution in [0, 0.1) is 0 Å². The van der Waals surface area contributed by atoms with Crippen molar-refractivity contribution in [3.8, 4) is 22.1 Å². The number of likely N-dealkylation sites (tertiary alicyclic amines) is 1. The lowest BCUT2D eigenvalue weighted by molar-refractivity contribution is -0.117. The Balaban J connectivity index is 0.00000182. The Bertz CT molecular complexity index is 749. The van der Waals surface area contributed by atoms with Crippen molar-refractivity contribution in [3.05, 3.63) is 18.2 Å². The average Bonchev–Trinajstić information content (AvgIpc) is 3.24. The van der Waals surface area contributed by atoms with Gasteiger partial charge in [-0.05, 0) is 44.1 Å². The van der Waals surface area contributed by atoms with Crippen LogP contribution in [-0.4, -0.2) is 47.4 Å². The van der Waals surface area contributed by atoms with Crippen LogP contribution in [0.25, 0.3) is 10.6 Å². The van der Waals surface area contributed by atoms with Gasteiger partial charge in [-0.1, -0.05) is 17.8 Å². The molecule has 0 atom stereocenters. The summed E-state index contributed by atoms with van der Waals surface area (Å²) < 4.78 is 10.7. The number of ether oxygens (including phenoxy) is 2. The summed E-state index contributed by atoms with van der Waals surface area (Å²) in [5.41, 5.74) is 0.897. The summed E-state index contributed by atoms with van der Waals surface area (Å²) in [6.07, 6.45) is 3.59. The molecule has 9 heteroatoms. The first-order chi connectivity index (χ1) is 11.8. The van der Waals surface area contributed by atoms with Gasteiger partial charge >= 0.3 is 0 Å². The molecule has 1 saturated heterocycles. The third-order valence-electron chi connectivity index (χ3n) is 4.11. The van der Waals surface area contributed by atoms with Crippen molar-refractivity contribution >= 4 is 34.8 Å². The largest absolute Gasteiger partial charge is 0.454 e. The van der Waals surface area contributed by atoms with Crippen molar-refractivity contribution in [1.82, 2.24) is 15.1 Å². The van der Waals surface area contributed by atoms with E-state index >= 15 is 0 Å². The van der Waals surface area contributed by atoms with Gasteiger partial charge in [-0.25, -0.2) is 0 Å². The lowest BCUT2D eigenvalue weighted by Gasteiger charge is -2.25. The summed E-state index contributed by atoms with van der Waals surface area (Å²) in [5.74, 6) is 1.40. The molecule has 0 aliphatic carbocycles. The molecule has 0 spiro atoms. The van der Waals surface area contributed by atoms with Gasteiger partial charge in [0.15, 0.2) is 11.5 Å². The van der Waals surface area contributed by atoms with E-state index in [4.69, 9.17) is 9.47 Å². The predicted octanol–water partition coefficient (Wildman–Crippen LogP) is 2.78. The average molecular weight is 383 g/mol. The van der Waals surface area contributed by atoms with E-state index in [0.29, 0.717) is 17.4 Å². The minimum atomic E-state index is -0.0368. The summed E-state index contributed by atoms with van der Waals surface area (Å²) in [6, 6.07) is 5.64. The Morgan fingerprint density at radius 1 is 1.16 bits per heavy atom. The fraction of sp³-hybridized carbons (Fsp3) is 0.438. The molecule has 25 heavy (non-hydrogen) atoms. The first-order valence-electron chi connectivity index (χ1n) is 8.04. The second kappa shape index (κ2) is 7.99. The van der Waals surface area contributed by atoms with Crippen molar-refractivity contribution in [1.29, 1.82) is 0 Å². The van der Waals surface area contributed by atoms with Gasteiger partial charge in [0.05, 0.1) is 6.54 Å². The van der Waals surface area contributed by atoms with Crippen molar-refractivity contribution in [2.75, 3.05) is 31.7 Å². The number of hydrogen-bond donors (Lipinski definition) is 1. The van der Waals surface area contributed by atoms with Gasteiger partial charge in [0, 0.05) is 5.56 Å². The maximum Gasteiger partial charge on any atom is 0.240 e. The van der Waals surface area contributed by atoms with E-state index < -0.39 is 0 Å². The molecule has 0 saturated carbocycles. The number of rotatable bonds is 4. The van der Waals surface area contributed by atoms with Crippen LogP contribution in [-0.2, 0) is 4.79 Å². The highest BCUT2D eigenvalue weighted by atomic mass is 35.5.